The van der Waals surface area contributed by atoms with E-state index in [1.807, 2.05) is 12.1 Å². The van der Waals surface area contributed by atoms with Crippen LogP contribution in [0, 0.1) is 0 Å². The average Bonchev–Trinajstić information content (AvgIpc) is 2.82. The minimum atomic E-state index is -0.220. The number of piperazine rings is 1. The van der Waals surface area contributed by atoms with Crippen LogP contribution in [0.4, 0.5) is 0 Å². The lowest BCUT2D eigenvalue weighted by molar-refractivity contribution is -0.166. The zero-order valence-electron chi connectivity index (χ0n) is 18.2. The number of aromatic nitrogens is 1. The van der Waals surface area contributed by atoms with Crippen LogP contribution in [-0.4, -0.2) is 63.5 Å². The van der Waals surface area contributed by atoms with Crippen molar-refractivity contribution in [2.75, 3.05) is 19.7 Å². The Kier molecular flexibility index (Phi) is 5.79. The summed E-state index contributed by atoms with van der Waals surface area (Å²) in [4.78, 5) is 33.2. The lowest BCUT2D eigenvalue weighted by atomic mass is 9.73. The van der Waals surface area contributed by atoms with Crippen molar-refractivity contribution in [1.82, 2.24) is 14.8 Å². The number of benzene rings is 1. The maximum atomic E-state index is 12.9. The minimum absolute atomic E-state index is 0.0346. The summed E-state index contributed by atoms with van der Waals surface area (Å²) in [5, 5.41) is 10.0. The Morgan fingerprint density at radius 1 is 1.16 bits per heavy atom. The molecule has 3 heterocycles. The fraction of sp³-hybridized carbons (Fsp3) is 0.423. The molecule has 2 fully saturated rings. The first-order chi connectivity index (χ1) is 15.7. The van der Waals surface area contributed by atoms with Crippen molar-refractivity contribution in [2.24, 2.45) is 0 Å². The molecule has 6 heteroatoms. The molecular weight excluding hydrogens is 402 g/mol. The lowest BCUT2D eigenvalue weighted by Crippen LogP contribution is -2.73. The molecule has 0 radical (unpaired) electrons. The Bertz CT molecular complexity index is 1020. The Hall–Kier alpha value is -2.99. The van der Waals surface area contributed by atoms with E-state index in [4.69, 9.17) is 0 Å². The van der Waals surface area contributed by atoms with Gasteiger partial charge in [-0.3, -0.25) is 14.6 Å². The number of fused-ring (bicyclic) bond motifs is 1. The summed E-state index contributed by atoms with van der Waals surface area (Å²) in [5.74, 6) is -0.107. The van der Waals surface area contributed by atoms with Gasteiger partial charge in [0.05, 0.1) is 31.7 Å². The zero-order valence-corrected chi connectivity index (χ0v) is 18.2. The number of amides is 2. The second-order valence-electron chi connectivity index (χ2n) is 9.05. The van der Waals surface area contributed by atoms with Crippen molar-refractivity contribution in [1.29, 1.82) is 0 Å². The van der Waals surface area contributed by atoms with Gasteiger partial charge in [0.1, 0.15) is 0 Å². The van der Waals surface area contributed by atoms with Crippen molar-refractivity contribution in [3.63, 3.8) is 0 Å². The third kappa shape index (κ3) is 3.84. The Morgan fingerprint density at radius 3 is 2.69 bits per heavy atom. The predicted octanol–water partition coefficient (Wildman–Crippen LogP) is 2.78. The topological polar surface area (TPSA) is 73.7 Å². The summed E-state index contributed by atoms with van der Waals surface area (Å²) in [6.07, 6.45) is 10.7. The molecule has 1 aliphatic carbocycles. The van der Waals surface area contributed by atoms with Crippen molar-refractivity contribution >= 4 is 17.4 Å². The van der Waals surface area contributed by atoms with Gasteiger partial charge in [-0.25, -0.2) is 0 Å². The molecule has 3 aliphatic rings. The van der Waals surface area contributed by atoms with E-state index >= 15 is 0 Å². The number of aliphatic hydroxyl groups excluding tert-OH is 1. The minimum Gasteiger partial charge on any atom is -0.394 e. The van der Waals surface area contributed by atoms with Crippen LogP contribution in [0.15, 0.2) is 54.9 Å². The number of hydrogen-bond donors (Lipinski definition) is 1. The molecule has 1 aromatic heterocycles. The van der Waals surface area contributed by atoms with Crippen molar-refractivity contribution in [2.45, 2.75) is 50.1 Å². The summed E-state index contributed by atoms with van der Waals surface area (Å²) in [6.45, 7) is 0.508. The summed E-state index contributed by atoms with van der Waals surface area (Å²) < 4.78 is 0. The van der Waals surface area contributed by atoms with Crippen molar-refractivity contribution in [3.05, 3.63) is 71.6 Å². The number of allylic oxidation sites excluding steroid dienone is 2. The third-order valence-corrected chi connectivity index (χ3v) is 7.14. The first kappa shape index (κ1) is 20.9. The molecular formula is C26H29N3O3. The summed E-state index contributed by atoms with van der Waals surface area (Å²) in [6, 6.07) is 12.0. The van der Waals surface area contributed by atoms with Gasteiger partial charge in [-0.15, -0.1) is 0 Å². The fourth-order valence-electron chi connectivity index (χ4n) is 5.50. The molecule has 6 nitrogen and oxygen atoms in total. The normalized spacial score (nSPS) is 25.1. The van der Waals surface area contributed by atoms with Gasteiger partial charge < -0.3 is 14.9 Å². The van der Waals surface area contributed by atoms with Gasteiger partial charge >= 0.3 is 0 Å². The molecule has 2 aliphatic heterocycles. The van der Waals surface area contributed by atoms with Crippen LogP contribution < -0.4 is 0 Å². The SMILES string of the molecule is O=C(Cc1cccnc1)N1CC(=O)N2[C@H](CO)[C@@H](c3ccc(C4=CCCCC4)cc3)[C@H]2C1. The van der Waals surface area contributed by atoms with E-state index in [-0.39, 0.29) is 49.4 Å². The van der Waals surface area contributed by atoms with Crippen LogP contribution in [0.1, 0.15) is 48.3 Å². The highest BCUT2D eigenvalue weighted by Crippen LogP contribution is 2.43. The van der Waals surface area contributed by atoms with Gasteiger partial charge in [-0.1, -0.05) is 36.4 Å². The van der Waals surface area contributed by atoms with Crippen LogP contribution >= 0.6 is 0 Å². The van der Waals surface area contributed by atoms with Crippen molar-refractivity contribution < 1.29 is 14.7 Å². The van der Waals surface area contributed by atoms with E-state index in [2.05, 4.69) is 35.3 Å². The van der Waals surface area contributed by atoms with Crippen LogP contribution in [0.5, 0.6) is 0 Å². The first-order valence-corrected chi connectivity index (χ1v) is 11.5. The Balaban J connectivity index is 1.33. The molecule has 32 heavy (non-hydrogen) atoms. The lowest BCUT2D eigenvalue weighted by Gasteiger charge is -2.58. The number of pyridine rings is 1. The highest BCUT2D eigenvalue weighted by molar-refractivity contribution is 5.88. The molecule has 166 valence electrons. The smallest absolute Gasteiger partial charge is 0.242 e. The van der Waals surface area contributed by atoms with E-state index in [1.165, 1.54) is 24.0 Å². The largest absolute Gasteiger partial charge is 0.394 e. The second kappa shape index (κ2) is 8.87. The fourth-order valence-corrected chi connectivity index (χ4v) is 5.50. The van der Waals surface area contributed by atoms with E-state index in [0.29, 0.717) is 6.54 Å². The highest BCUT2D eigenvalue weighted by atomic mass is 16.3. The van der Waals surface area contributed by atoms with Crippen LogP contribution in [0.2, 0.25) is 0 Å². The maximum absolute atomic E-state index is 12.9. The molecule has 0 unspecified atom stereocenters. The summed E-state index contributed by atoms with van der Waals surface area (Å²) in [7, 11) is 0. The highest BCUT2D eigenvalue weighted by Gasteiger charge is 2.54. The van der Waals surface area contributed by atoms with Gasteiger partial charge in [0, 0.05) is 24.9 Å². The Labute approximate surface area is 188 Å². The molecule has 1 aromatic carbocycles. The first-order valence-electron chi connectivity index (χ1n) is 11.5. The number of carbonyl (C=O) groups excluding carboxylic acids is 2. The zero-order chi connectivity index (χ0) is 22.1. The standard InChI is InChI=1S/C26H29N3O3/c30-17-23-26(21-10-8-20(9-11-21)19-6-2-1-3-7-19)22-15-28(16-25(32)29(22)23)24(31)13-18-5-4-12-27-14-18/h4-6,8-12,14,22-23,26,30H,1-3,7,13,15-17H2/t22-,23-,26+/m1/s1. The van der Waals surface area contributed by atoms with Gasteiger partial charge in [0.2, 0.25) is 11.8 Å². The molecule has 0 bridgehead atoms. The van der Waals surface area contributed by atoms with E-state index in [1.54, 1.807) is 22.2 Å². The van der Waals surface area contributed by atoms with E-state index < -0.39 is 0 Å². The van der Waals surface area contributed by atoms with Gasteiger partial charge in [-0.2, -0.15) is 0 Å². The molecule has 1 N–H and O–H groups in total. The molecule has 2 aromatic rings. The van der Waals surface area contributed by atoms with Crippen LogP contribution in [-0.2, 0) is 16.0 Å². The molecule has 3 atom stereocenters. The third-order valence-electron chi connectivity index (χ3n) is 7.14. The van der Waals surface area contributed by atoms with Crippen LogP contribution in [0.3, 0.4) is 0 Å². The Morgan fingerprint density at radius 2 is 2.00 bits per heavy atom. The summed E-state index contributed by atoms with van der Waals surface area (Å²) >= 11 is 0. The van der Waals surface area contributed by atoms with Crippen molar-refractivity contribution in [3.8, 4) is 0 Å². The average molecular weight is 432 g/mol. The predicted molar refractivity (Wildman–Crippen MR) is 122 cm³/mol. The second-order valence-corrected chi connectivity index (χ2v) is 9.05. The number of aliphatic hydroxyl groups is 1. The number of carbonyl (C=O) groups is 2. The number of rotatable bonds is 5. The van der Waals surface area contributed by atoms with Gasteiger partial charge in [0.25, 0.3) is 0 Å². The molecule has 2 amide bonds. The van der Waals surface area contributed by atoms with Gasteiger partial charge in [0.15, 0.2) is 0 Å². The molecule has 2 saturated heterocycles. The quantitative estimate of drug-likeness (QED) is 0.790. The molecule has 0 spiro atoms. The number of hydrogen-bond acceptors (Lipinski definition) is 4. The molecule has 0 saturated carbocycles. The maximum Gasteiger partial charge on any atom is 0.242 e. The van der Waals surface area contributed by atoms with Crippen LogP contribution in [0.25, 0.3) is 5.57 Å². The van der Waals surface area contributed by atoms with E-state index in [9.17, 15) is 14.7 Å². The monoisotopic (exact) mass is 431 g/mol. The summed E-state index contributed by atoms with van der Waals surface area (Å²) in [5.41, 5.74) is 4.65. The van der Waals surface area contributed by atoms with Gasteiger partial charge in [-0.05, 0) is 54.0 Å². The number of nitrogens with zero attached hydrogens (tertiary/aromatic N) is 3. The molecule has 5 rings (SSSR count). The van der Waals surface area contributed by atoms with E-state index in [0.717, 1.165) is 24.0 Å².